The summed E-state index contributed by atoms with van der Waals surface area (Å²) in [5.74, 6) is -0.933. The van der Waals surface area contributed by atoms with E-state index >= 15 is 0 Å². The van der Waals surface area contributed by atoms with E-state index in [9.17, 15) is 4.79 Å². The van der Waals surface area contributed by atoms with Crippen molar-refractivity contribution >= 4 is 29.2 Å². The van der Waals surface area contributed by atoms with Crippen molar-refractivity contribution in [1.82, 2.24) is 0 Å². The van der Waals surface area contributed by atoms with E-state index in [2.05, 4.69) is 0 Å². The van der Waals surface area contributed by atoms with Crippen LogP contribution < -0.4 is 0 Å². The van der Waals surface area contributed by atoms with Gasteiger partial charge in [-0.3, -0.25) is 0 Å². The molecular formula is C11H10Cl2O2. The quantitative estimate of drug-likeness (QED) is 0.823. The first kappa shape index (κ1) is 12.1. The molecule has 1 N–H and O–H groups in total. The first-order valence-electron chi connectivity index (χ1n) is 4.43. The Kier molecular flexibility index (Phi) is 4.66. The summed E-state index contributed by atoms with van der Waals surface area (Å²) in [5, 5.41) is 9.59. The van der Waals surface area contributed by atoms with Gasteiger partial charge < -0.3 is 5.11 Å². The summed E-state index contributed by atoms with van der Waals surface area (Å²) >= 11 is 11.7. The molecule has 0 unspecified atom stereocenters. The minimum absolute atomic E-state index is 0.602. The molecule has 0 saturated carbocycles. The Balaban J connectivity index is 2.54. The number of carbonyl (C=O) groups is 1. The Bertz CT molecular complexity index is 386. The minimum Gasteiger partial charge on any atom is -0.478 e. The van der Waals surface area contributed by atoms with Crippen molar-refractivity contribution in [3.63, 3.8) is 0 Å². The molecule has 0 bridgehead atoms. The maximum atomic E-state index is 10.2. The predicted molar refractivity (Wildman–Crippen MR) is 61.6 cm³/mol. The Morgan fingerprint density at radius 3 is 2.73 bits per heavy atom. The van der Waals surface area contributed by atoms with Crippen LogP contribution in [0.25, 0.3) is 0 Å². The van der Waals surface area contributed by atoms with E-state index in [0.29, 0.717) is 22.9 Å². The van der Waals surface area contributed by atoms with E-state index in [0.717, 1.165) is 11.6 Å². The molecule has 0 fully saturated rings. The van der Waals surface area contributed by atoms with Crippen molar-refractivity contribution < 1.29 is 9.90 Å². The van der Waals surface area contributed by atoms with Gasteiger partial charge in [-0.1, -0.05) is 35.3 Å². The van der Waals surface area contributed by atoms with Crippen molar-refractivity contribution in [2.24, 2.45) is 0 Å². The highest BCUT2D eigenvalue weighted by Crippen LogP contribution is 2.22. The molecule has 0 amide bonds. The van der Waals surface area contributed by atoms with Gasteiger partial charge in [0.25, 0.3) is 0 Å². The van der Waals surface area contributed by atoms with Crippen molar-refractivity contribution in [1.29, 1.82) is 0 Å². The van der Waals surface area contributed by atoms with Crippen LogP contribution in [0.1, 0.15) is 12.0 Å². The van der Waals surface area contributed by atoms with Crippen LogP contribution in [0.15, 0.2) is 30.4 Å². The number of allylic oxidation sites excluding steroid dienone is 1. The molecule has 0 aliphatic rings. The highest BCUT2D eigenvalue weighted by Gasteiger charge is 1.99. The summed E-state index contributed by atoms with van der Waals surface area (Å²) in [5.41, 5.74) is 0.969. The van der Waals surface area contributed by atoms with Gasteiger partial charge in [0.2, 0.25) is 0 Å². The number of hydrogen-bond donors (Lipinski definition) is 1. The summed E-state index contributed by atoms with van der Waals surface area (Å²) in [6, 6.07) is 5.29. The van der Waals surface area contributed by atoms with Crippen LogP contribution in [0.5, 0.6) is 0 Å². The molecule has 80 valence electrons. The number of rotatable bonds is 4. The van der Waals surface area contributed by atoms with Crippen LogP contribution in [0.2, 0.25) is 10.0 Å². The number of hydrogen-bond acceptors (Lipinski definition) is 1. The van der Waals surface area contributed by atoms with E-state index in [-0.39, 0.29) is 0 Å². The fourth-order valence-electron chi connectivity index (χ4n) is 1.15. The second-order valence-electron chi connectivity index (χ2n) is 3.02. The lowest BCUT2D eigenvalue weighted by Crippen LogP contribution is -1.88. The fraction of sp³-hybridized carbons (Fsp3) is 0.182. The van der Waals surface area contributed by atoms with Crippen molar-refractivity contribution in [3.8, 4) is 0 Å². The lowest BCUT2D eigenvalue weighted by molar-refractivity contribution is -0.131. The Morgan fingerprint density at radius 1 is 1.40 bits per heavy atom. The SMILES string of the molecule is O=C(O)/C=C/CCc1ccc(Cl)cc1Cl. The van der Waals surface area contributed by atoms with E-state index < -0.39 is 5.97 Å². The van der Waals surface area contributed by atoms with Crippen LogP contribution in [0.4, 0.5) is 0 Å². The van der Waals surface area contributed by atoms with E-state index in [1.54, 1.807) is 18.2 Å². The largest absolute Gasteiger partial charge is 0.478 e. The third-order valence-electron chi connectivity index (χ3n) is 1.86. The van der Waals surface area contributed by atoms with Crippen LogP contribution in [-0.4, -0.2) is 11.1 Å². The van der Waals surface area contributed by atoms with Crippen LogP contribution in [0.3, 0.4) is 0 Å². The zero-order valence-electron chi connectivity index (χ0n) is 7.91. The molecule has 2 nitrogen and oxygen atoms in total. The van der Waals surface area contributed by atoms with Crippen molar-refractivity contribution in [3.05, 3.63) is 46.0 Å². The van der Waals surface area contributed by atoms with E-state index in [1.165, 1.54) is 0 Å². The molecule has 0 atom stereocenters. The molecular weight excluding hydrogens is 235 g/mol. The molecule has 0 radical (unpaired) electrons. The third kappa shape index (κ3) is 4.36. The van der Waals surface area contributed by atoms with Gasteiger partial charge in [-0.2, -0.15) is 0 Å². The van der Waals surface area contributed by atoms with Crippen LogP contribution >= 0.6 is 23.2 Å². The second kappa shape index (κ2) is 5.79. The molecule has 1 aromatic rings. The van der Waals surface area contributed by atoms with Gasteiger partial charge in [-0.05, 0) is 30.5 Å². The normalized spacial score (nSPS) is 10.8. The number of halogens is 2. The average Bonchev–Trinajstić information content (AvgIpc) is 2.14. The third-order valence-corrected chi connectivity index (χ3v) is 2.44. The van der Waals surface area contributed by atoms with Crippen molar-refractivity contribution in [2.45, 2.75) is 12.8 Å². The summed E-state index contributed by atoms with van der Waals surface area (Å²) in [6.45, 7) is 0. The van der Waals surface area contributed by atoms with Gasteiger partial charge in [0.05, 0.1) is 0 Å². The summed E-state index contributed by atoms with van der Waals surface area (Å²) in [6.07, 6.45) is 4.09. The monoisotopic (exact) mass is 244 g/mol. The van der Waals surface area contributed by atoms with Gasteiger partial charge in [0.15, 0.2) is 0 Å². The number of carboxylic acid groups (broad SMARTS) is 1. The molecule has 0 aliphatic heterocycles. The Labute approximate surface area is 98.1 Å². The molecule has 0 spiro atoms. The van der Waals surface area contributed by atoms with Crippen LogP contribution in [-0.2, 0) is 11.2 Å². The molecule has 4 heteroatoms. The van der Waals surface area contributed by atoms with Gasteiger partial charge in [0.1, 0.15) is 0 Å². The maximum absolute atomic E-state index is 10.2. The highest BCUT2D eigenvalue weighted by molar-refractivity contribution is 6.35. The maximum Gasteiger partial charge on any atom is 0.327 e. The predicted octanol–water partition coefficient (Wildman–Crippen LogP) is 3.57. The first-order valence-corrected chi connectivity index (χ1v) is 5.18. The zero-order valence-corrected chi connectivity index (χ0v) is 9.42. The van der Waals surface area contributed by atoms with Gasteiger partial charge in [-0.15, -0.1) is 0 Å². The summed E-state index contributed by atoms with van der Waals surface area (Å²) < 4.78 is 0. The number of aliphatic carboxylic acids is 1. The zero-order chi connectivity index (χ0) is 11.3. The molecule has 15 heavy (non-hydrogen) atoms. The second-order valence-corrected chi connectivity index (χ2v) is 3.86. The standard InChI is InChI=1S/C11H10Cl2O2/c12-9-6-5-8(10(13)7-9)3-1-2-4-11(14)15/h2,4-7H,1,3H2,(H,14,15)/b4-2+. The number of carboxylic acids is 1. The summed E-state index contributed by atoms with van der Waals surface area (Å²) in [4.78, 5) is 10.2. The topological polar surface area (TPSA) is 37.3 Å². The molecule has 0 aromatic heterocycles. The fourth-order valence-corrected chi connectivity index (χ4v) is 1.65. The highest BCUT2D eigenvalue weighted by atomic mass is 35.5. The summed E-state index contributed by atoms with van der Waals surface area (Å²) in [7, 11) is 0. The smallest absolute Gasteiger partial charge is 0.327 e. The molecule has 0 aliphatic carbocycles. The Hall–Kier alpha value is -0.990. The van der Waals surface area contributed by atoms with Crippen molar-refractivity contribution in [2.75, 3.05) is 0 Å². The van der Waals surface area contributed by atoms with E-state index in [1.807, 2.05) is 6.07 Å². The Morgan fingerprint density at radius 2 is 2.13 bits per heavy atom. The molecule has 0 heterocycles. The first-order chi connectivity index (χ1) is 7.09. The van der Waals surface area contributed by atoms with Gasteiger partial charge in [-0.25, -0.2) is 4.79 Å². The number of aryl methyl sites for hydroxylation is 1. The van der Waals surface area contributed by atoms with Crippen LogP contribution in [0, 0.1) is 0 Å². The lowest BCUT2D eigenvalue weighted by Gasteiger charge is -2.01. The average molecular weight is 245 g/mol. The number of benzene rings is 1. The van der Waals surface area contributed by atoms with Gasteiger partial charge >= 0.3 is 5.97 Å². The molecule has 0 saturated heterocycles. The minimum atomic E-state index is -0.933. The van der Waals surface area contributed by atoms with Gasteiger partial charge in [0, 0.05) is 16.1 Å². The molecule has 1 rings (SSSR count). The lowest BCUT2D eigenvalue weighted by atomic mass is 10.1. The van der Waals surface area contributed by atoms with E-state index in [4.69, 9.17) is 28.3 Å². The molecule has 1 aromatic carbocycles.